The Balaban J connectivity index is 2.04. The first-order chi connectivity index (χ1) is 21.3. The summed E-state index contributed by atoms with van der Waals surface area (Å²) in [6.45, 7) is 16.2. The Labute approximate surface area is 276 Å². The summed E-state index contributed by atoms with van der Waals surface area (Å²) in [6.07, 6.45) is 10.5. The highest BCUT2D eigenvalue weighted by molar-refractivity contribution is 8.02. The number of rotatable bonds is 21. The number of aromatic nitrogens is 1. The van der Waals surface area contributed by atoms with Crippen LogP contribution in [0.1, 0.15) is 45.6 Å². The van der Waals surface area contributed by atoms with Crippen molar-refractivity contribution in [2.45, 2.75) is 59.5 Å². The summed E-state index contributed by atoms with van der Waals surface area (Å²) in [5.74, 6) is 4.33. The standard InChI is InChI=1S/C33H54BN6O2S2/c1-9-25(3)30(34-5)13-11-12-29(41-7)18-27(10-2)20-38-42-26(4)33(39(6)23-35)31(43-8)21-37-32-19-28(14-15-36-32)22-40-16-17-44-24-40/h11,14-15,18-19,26-27,38H,3,9-10,12,16-17,20-24,35H2,1-2,4-8H3,(H,36,37)/b29-18-,33-31+. The molecule has 1 fully saturated rings. The number of hydrogen-bond donors (Lipinski definition) is 3. The van der Waals surface area contributed by atoms with Crippen LogP contribution in [-0.4, -0.2) is 86.5 Å². The molecule has 0 bridgehead atoms. The van der Waals surface area contributed by atoms with E-state index in [1.807, 2.05) is 50.1 Å². The third-order valence-corrected chi connectivity index (χ3v) is 9.42. The van der Waals surface area contributed by atoms with Crippen LogP contribution in [0.4, 0.5) is 5.82 Å². The number of thioether (sulfide) groups is 2. The SMILES string of the molecule is C=C(CC)C([B]C)=C=CC/C(=C/C(CC)CNOC(C)/C(=C(/CNc1cc(CN2CCSC2)ccn1)SC)N(C)CN)OC. The van der Waals surface area contributed by atoms with Crippen molar-refractivity contribution in [3.63, 3.8) is 0 Å². The van der Waals surface area contributed by atoms with Crippen LogP contribution in [0.3, 0.4) is 0 Å². The number of ether oxygens (including phenoxy) is 1. The number of hydrogen-bond acceptors (Lipinski definition) is 10. The smallest absolute Gasteiger partial charge is 0.159 e. The highest BCUT2D eigenvalue weighted by atomic mass is 32.2. The number of nitrogens with zero attached hydrogens (tertiary/aromatic N) is 3. The fraction of sp³-hybridized carbons (Fsp3) is 0.576. The Morgan fingerprint density at radius 2 is 2.20 bits per heavy atom. The maximum atomic E-state index is 6.19. The van der Waals surface area contributed by atoms with Gasteiger partial charge in [0.05, 0.1) is 25.2 Å². The van der Waals surface area contributed by atoms with Crippen molar-refractivity contribution in [2.75, 3.05) is 63.7 Å². The summed E-state index contributed by atoms with van der Waals surface area (Å²) in [7, 11) is 5.76. The average Bonchev–Trinajstić information content (AvgIpc) is 3.56. The van der Waals surface area contributed by atoms with Gasteiger partial charge in [0.15, 0.2) is 7.28 Å². The van der Waals surface area contributed by atoms with E-state index in [2.05, 4.69) is 78.2 Å². The lowest BCUT2D eigenvalue weighted by molar-refractivity contribution is -0.0119. The van der Waals surface area contributed by atoms with Crippen molar-refractivity contribution >= 4 is 36.6 Å². The van der Waals surface area contributed by atoms with E-state index in [-0.39, 0.29) is 12.0 Å². The van der Waals surface area contributed by atoms with Gasteiger partial charge in [-0.25, -0.2) is 10.5 Å². The third kappa shape index (κ3) is 13.1. The Hall–Kier alpha value is -2.11. The molecule has 2 unspecified atom stereocenters. The van der Waals surface area contributed by atoms with Gasteiger partial charge < -0.3 is 20.7 Å². The van der Waals surface area contributed by atoms with E-state index in [1.165, 1.54) is 11.3 Å². The zero-order chi connectivity index (χ0) is 32.3. The van der Waals surface area contributed by atoms with Crippen molar-refractivity contribution in [3.8, 4) is 0 Å². The molecular formula is C33H54BN6O2S2. The van der Waals surface area contributed by atoms with Crippen LogP contribution in [0.2, 0.25) is 6.82 Å². The van der Waals surface area contributed by atoms with E-state index in [0.717, 1.165) is 65.0 Å². The summed E-state index contributed by atoms with van der Waals surface area (Å²) in [5, 5.41) is 3.53. The first-order valence-corrected chi connectivity index (χ1v) is 17.9. The molecule has 11 heteroatoms. The van der Waals surface area contributed by atoms with Gasteiger partial charge in [-0.15, -0.1) is 29.3 Å². The quantitative estimate of drug-likeness (QED) is 0.0369. The molecule has 1 aliphatic rings. The number of likely N-dealkylation sites (N-methyl/N-ethyl adjacent to an activating group) is 1. The van der Waals surface area contributed by atoms with Crippen molar-refractivity contribution in [2.24, 2.45) is 11.7 Å². The topological polar surface area (TPSA) is 87.9 Å². The Morgan fingerprint density at radius 1 is 1.41 bits per heavy atom. The molecule has 2 rings (SSSR count). The number of nitrogens with one attached hydrogen (secondary N) is 2. The van der Waals surface area contributed by atoms with Gasteiger partial charge >= 0.3 is 0 Å². The molecule has 44 heavy (non-hydrogen) atoms. The van der Waals surface area contributed by atoms with Gasteiger partial charge in [-0.2, -0.15) is 0 Å². The molecule has 1 aromatic rings. The van der Waals surface area contributed by atoms with Gasteiger partial charge in [0.2, 0.25) is 0 Å². The monoisotopic (exact) mass is 641 g/mol. The molecule has 243 valence electrons. The van der Waals surface area contributed by atoms with Crippen molar-refractivity contribution in [1.82, 2.24) is 20.3 Å². The lowest BCUT2D eigenvalue weighted by Crippen LogP contribution is -2.36. The maximum absolute atomic E-state index is 6.19. The summed E-state index contributed by atoms with van der Waals surface area (Å²) in [5.41, 5.74) is 17.1. The molecule has 2 heterocycles. The van der Waals surface area contributed by atoms with Gasteiger partial charge in [-0.3, -0.25) is 9.74 Å². The lowest BCUT2D eigenvalue weighted by atomic mass is 9.69. The second kappa shape index (κ2) is 21.6. The molecule has 0 aromatic carbocycles. The Bertz CT molecular complexity index is 1150. The van der Waals surface area contributed by atoms with Gasteiger partial charge in [0, 0.05) is 62.4 Å². The van der Waals surface area contributed by atoms with Crippen LogP contribution >= 0.6 is 23.5 Å². The minimum atomic E-state index is -0.216. The summed E-state index contributed by atoms with van der Waals surface area (Å²) < 4.78 is 5.68. The Morgan fingerprint density at radius 3 is 2.82 bits per heavy atom. The van der Waals surface area contributed by atoms with Crippen LogP contribution in [0, 0.1) is 5.92 Å². The number of allylic oxidation sites excluding steroid dienone is 2. The highest BCUT2D eigenvalue weighted by Gasteiger charge is 2.20. The molecule has 8 nitrogen and oxygen atoms in total. The predicted molar refractivity (Wildman–Crippen MR) is 193 cm³/mol. The minimum absolute atomic E-state index is 0.216. The van der Waals surface area contributed by atoms with Crippen molar-refractivity contribution in [1.29, 1.82) is 0 Å². The molecule has 1 aliphatic heterocycles. The van der Waals surface area contributed by atoms with Crippen LogP contribution in [0.15, 0.2) is 70.2 Å². The second-order valence-corrected chi connectivity index (χ2v) is 12.7. The summed E-state index contributed by atoms with van der Waals surface area (Å²) in [6, 6.07) is 4.25. The number of hydroxylamine groups is 1. The van der Waals surface area contributed by atoms with E-state index in [4.69, 9.17) is 15.3 Å². The zero-order valence-corrected chi connectivity index (χ0v) is 29.6. The van der Waals surface area contributed by atoms with Crippen LogP contribution < -0.4 is 16.5 Å². The van der Waals surface area contributed by atoms with Gasteiger partial charge in [-0.05, 0) is 67.3 Å². The summed E-state index contributed by atoms with van der Waals surface area (Å²) in [4.78, 5) is 16.4. The molecular weight excluding hydrogens is 587 g/mol. The van der Waals surface area contributed by atoms with E-state index in [0.29, 0.717) is 26.2 Å². The third-order valence-electron chi connectivity index (χ3n) is 7.56. The molecule has 0 spiro atoms. The van der Waals surface area contributed by atoms with E-state index >= 15 is 0 Å². The fourth-order valence-corrected chi connectivity index (χ4v) is 6.51. The van der Waals surface area contributed by atoms with E-state index < -0.39 is 0 Å². The lowest BCUT2D eigenvalue weighted by Gasteiger charge is -2.29. The normalized spacial score (nSPS) is 15.6. The number of anilines is 1. The average molecular weight is 642 g/mol. The van der Waals surface area contributed by atoms with Crippen LogP contribution in [0.5, 0.6) is 0 Å². The number of pyridine rings is 1. The first-order valence-electron chi connectivity index (χ1n) is 15.5. The number of nitrogens with two attached hydrogens (primary N) is 1. The van der Waals surface area contributed by atoms with Gasteiger partial charge in [0.1, 0.15) is 11.9 Å². The van der Waals surface area contributed by atoms with Gasteiger partial charge in [0.25, 0.3) is 0 Å². The second-order valence-electron chi connectivity index (χ2n) is 10.7. The maximum Gasteiger partial charge on any atom is 0.159 e. The molecule has 0 saturated carbocycles. The highest BCUT2D eigenvalue weighted by Crippen LogP contribution is 2.24. The Kier molecular flexibility index (Phi) is 18.7. The molecule has 1 radical (unpaired) electrons. The number of methoxy groups -OCH3 is 1. The molecule has 4 N–H and O–H groups in total. The molecule has 0 aliphatic carbocycles. The molecule has 2 atom stereocenters. The first kappa shape index (κ1) is 38.1. The largest absolute Gasteiger partial charge is 0.501 e. The van der Waals surface area contributed by atoms with Crippen molar-refractivity contribution < 1.29 is 9.57 Å². The molecule has 1 aromatic heterocycles. The molecule has 1 saturated heterocycles. The van der Waals surface area contributed by atoms with E-state index in [1.54, 1.807) is 18.9 Å². The van der Waals surface area contributed by atoms with Crippen LogP contribution in [-0.2, 0) is 16.1 Å². The minimum Gasteiger partial charge on any atom is -0.501 e. The predicted octanol–water partition coefficient (Wildman–Crippen LogP) is 6.04. The molecule has 0 amide bonds. The zero-order valence-electron chi connectivity index (χ0n) is 27.9. The fourth-order valence-electron chi connectivity index (χ4n) is 4.77. The van der Waals surface area contributed by atoms with Crippen molar-refractivity contribution in [3.05, 3.63) is 75.8 Å². The van der Waals surface area contributed by atoms with Gasteiger partial charge in [-0.1, -0.05) is 32.8 Å². The van der Waals surface area contributed by atoms with Crippen LogP contribution in [0.25, 0.3) is 0 Å². The van der Waals surface area contributed by atoms with E-state index in [9.17, 15) is 0 Å². The summed E-state index contributed by atoms with van der Waals surface area (Å²) >= 11 is 3.69.